The number of nitrogens with zero attached hydrogens (tertiary/aromatic N) is 7. The molecule has 9 N–H and O–H groups in total. The number of nitrogens with one attached hydrogen (secondary N) is 6. The van der Waals surface area contributed by atoms with Crippen molar-refractivity contribution in [2.24, 2.45) is 28.9 Å². The van der Waals surface area contributed by atoms with Gasteiger partial charge in [0.1, 0.15) is 24.5 Å². The topological polar surface area (TPSA) is 416 Å². The summed E-state index contributed by atoms with van der Waals surface area (Å²) in [4.78, 5) is 141. The number of ether oxygens (including phenoxy) is 8. The molecule has 0 radical (unpaired) electrons. The Morgan fingerprint density at radius 1 is 0.707 bits per heavy atom. The van der Waals surface area contributed by atoms with Crippen LogP contribution < -0.4 is 42.5 Å². The van der Waals surface area contributed by atoms with Crippen molar-refractivity contribution in [3.63, 3.8) is 0 Å². The molecule has 5 heterocycles. The van der Waals surface area contributed by atoms with Crippen LogP contribution in [0.4, 0.5) is 26.2 Å². The van der Waals surface area contributed by atoms with Crippen molar-refractivity contribution in [1.29, 1.82) is 0 Å². The highest BCUT2D eigenvalue weighted by molar-refractivity contribution is 7.22. The number of carboxylic acids is 1. The van der Waals surface area contributed by atoms with Gasteiger partial charge in [-0.1, -0.05) is 61.6 Å². The van der Waals surface area contributed by atoms with Crippen LogP contribution in [0.2, 0.25) is 0 Å². The number of hydrogen-bond donors (Lipinski definition) is 8. The maximum atomic E-state index is 13.8. The van der Waals surface area contributed by atoms with Crippen molar-refractivity contribution in [3.05, 3.63) is 131 Å². The van der Waals surface area contributed by atoms with Crippen LogP contribution in [0, 0.1) is 30.1 Å². The van der Waals surface area contributed by atoms with E-state index in [9.17, 15) is 53.1 Å². The fraction of sp³-hybridized carbons (Fsp3) is 0.524. The molecule has 0 spiro atoms. The van der Waals surface area contributed by atoms with Crippen molar-refractivity contribution in [1.82, 2.24) is 50.8 Å². The number of amides is 10. The molecule has 4 atom stereocenters. The second-order valence-corrected chi connectivity index (χ2v) is 31.4. The zero-order chi connectivity index (χ0) is 82.1. The predicted octanol–water partition coefficient (Wildman–Crippen LogP) is 6.93. The maximum absolute atomic E-state index is 13.8. The molecule has 2 unspecified atom stereocenters. The Morgan fingerprint density at radius 2 is 1.39 bits per heavy atom. The van der Waals surface area contributed by atoms with Crippen LogP contribution >= 0.6 is 11.3 Å². The summed E-state index contributed by atoms with van der Waals surface area (Å²) >= 11 is 1.42. The molecule has 33 nitrogen and oxygen atoms in total. The largest absolute Gasteiger partial charge is 0.476 e. The smallest absolute Gasteiger partial charge is 0.409 e. The van der Waals surface area contributed by atoms with Gasteiger partial charge in [0.25, 0.3) is 17.7 Å². The average molecular weight is 1620 g/mol. The van der Waals surface area contributed by atoms with E-state index in [0.717, 1.165) is 69.6 Å². The number of primary amides is 1. The summed E-state index contributed by atoms with van der Waals surface area (Å²) < 4.78 is 49.2. The first kappa shape index (κ1) is 86.5. The number of aromatic nitrogens is 4. The minimum absolute atomic E-state index is 0.00321. The summed E-state index contributed by atoms with van der Waals surface area (Å²) in [5.41, 5.74) is 11.3. The van der Waals surface area contributed by atoms with Crippen LogP contribution in [-0.4, -0.2) is 237 Å². The van der Waals surface area contributed by atoms with Crippen molar-refractivity contribution >= 4 is 97.6 Å². The molecule has 6 aliphatic rings. The van der Waals surface area contributed by atoms with Gasteiger partial charge >= 0.3 is 18.1 Å². The number of pyridine rings is 1. The fourth-order valence-corrected chi connectivity index (χ4v) is 16.9. The summed E-state index contributed by atoms with van der Waals surface area (Å²) in [5.74, 6) is -2.92. The molecule has 4 saturated carbocycles. The lowest BCUT2D eigenvalue weighted by Crippen LogP contribution is -2.58. The molecule has 116 heavy (non-hydrogen) atoms. The van der Waals surface area contributed by atoms with Gasteiger partial charge in [-0.05, 0) is 147 Å². The first-order valence-electron chi connectivity index (χ1n) is 39.6. The zero-order valence-corrected chi connectivity index (χ0v) is 67.0. The Balaban J connectivity index is 0.540. The average Bonchev–Trinajstić information content (AvgIpc) is 0.894. The summed E-state index contributed by atoms with van der Waals surface area (Å²) in [7, 11) is 1.61. The number of para-hydroxylation sites is 1. The number of carboxylic acid groups (broad SMARTS) is 1. The minimum Gasteiger partial charge on any atom is -0.476 e. The molecule has 10 amide bonds. The van der Waals surface area contributed by atoms with E-state index in [0.29, 0.717) is 124 Å². The molecule has 4 fully saturated rings. The van der Waals surface area contributed by atoms with Crippen molar-refractivity contribution in [2.45, 2.75) is 129 Å². The number of rotatable bonds is 47. The predicted molar refractivity (Wildman–Crippen MR) is 428 cm³/mol. The van der Waals surface area contributed by atoms with E-state index in [1.54, 1.807) is 51.4 Å². The highest BCUT2D eigenvalue weighted by Crippen LogP contribution is 2.63. The molecular formula is C82H106N14O19S. The van der Waals surface area contributed by atoms with Crippen molar-refractivity contribution in [3.8, 4) is 11.1 Å². The summed E-state index contributed by atoms with van der Waals surface area (Å²) in [6, 6.07) is 21.0. The Bertz CT molecular complexity index is 4390. The van der Waals surface area contributed by atoms with E-state index < -0.39 is 59.7 Å². The van der Waals surface area contributed by atoms with Gasteiger partial charge in [0.05, 0.1) is 108 Å². The highest BCUT2D eigenvalue weighted by Gasteiger charge is 2.58. The monoisotopic (exact) mass is 1620 g/mol. The molecule has 12 rings (SSSR count). The van der Waals surface area contributed by atoms with E-state index >= 15 is 0 Å². The van der Waals surface area contributed by atoms with Gasteiger partial charge in [-0.3, -0.25) is 48.5 Å². The molecule has 3 aromatic carbocycles. The van der Waals surface area contributed by atoms with E-state index in [1.807, 2.05) is 71.1 Å². The molecule has 4 bridgehead atoms. The molecule has 4 aliphatic carbocycles. The Labute approximate surface area is 677 Å². The van der Waals surface area contributed by atoms with E-state index in [4.69, 9.17) is 53.7 Å². The number of aromatic carboxylic acids is 1. The number of anilines is 3. The van der Waals surface area contributed by atoms with E-state index in [-0.39, 0.29) is 126 Å². The fourth-order valence-electron chi connectivity index (χ4n) is 16.1. The first-order chi connectivity index (χ1) is 56.0. The molecular weight excluding hydrogens is 1520 g/mol. The van der Waals surface area contributed by atoms with Gasteiger partial charge < -0.3 is 85.1 Å². The van der Waals surface area contributed by atoms with Crippen LogP contribution in [0.1, 0.15) is 121 Å². The van der Waals surface area contributed by atoms with Crippen molar-refractivity contribution in [2.75, 3.05) is 141 Å². The Hall–Kier alpha value is -10.3. The lowest BCUT2D eigenvalue weighted by molar-refractivity contribution is -0.201. The number of carbonyl (C=O) groups is 10. The minimum atomic E-state index is -1.14. The maximum Gasteiger partial charge on any atom is 0.409 e. The van der Waals surface area contributed by atoms with Gasteiger partial charge in [0.2, 0.25) is 23.6 Å². The third-order valence-corrected chi connectivity index (χ3v) is 22.4. The van der Waals surface area contributed by atoms with Crippen LogP contribution in [0.3, 0.4) is 0 Å². The quantitative estimate of drug-likeness (QED) is 0.0142. The number of hydrogen-bond acceptors (Lipinski definition) is 23. The molecule has 624 valence electrons. The lowest BCUT2D eigenvalue weighted by atomic mass is 9.48. The molecule has 6 aromatic rings. The SMILES string of the molecule is Cc1c(-c2ccc(N3CCc4cccc(C(=O)Nc5nc6ccccc6s5)c4C3)nc2C(=O)O)cnn1CC12CC3CC(C1)CC(OCCOCCOCCN(C)C(=O)OCc1ccc(NC(=O)[C@H](CCCNC(N)=O)NC(=O)[C@@H](NC(=O)CCOCCOCCOCCOCCNC(=O)CCN4C(=O)C=CC4=O)C(C)C)cc1)(C3)C2. The van der Waals surface area contributed by atoms with Gasteiger partial charge in [0, 0.05) is 106 Å². The summed E-state index contributed by atoms with van der Waals surface area (Å²) in [5, 5.41) is 32.6. The number of urea groups is 1. The first-order valence-corrected chi connectivity index (χ1v) is 40.4. The molecule has 3 aromatic heterocycles. The van der Waals surface area contributed by atoms with E-state index in [1.165, 1.54) is 34.8 Å². The zero-order valence-electron chi connectivity index (χ0n) is 66.2. The second-order valence-electron chi connectivity index (χ2n) is 30.4. The summed E-state index contributed by atoms with van der Waals surface area (Å²) in [6.07, 6.45) is 10.8. The Morgan fingerprint density at radius 3 is 2.08 bits per heavy atom. The summed E-state index contributed by atoms with van der Waals surface area (Å²) in [6.45, 7) is 11.5. The molecule has 0 saturated heterocycles. The normalized spacial score (nSPS) is 18.4. The van der Waals surface area contributed by atoms with Crippen LogP contribution in [0.5, 0.6) is 0 Å². The standard InChI is InChI=1S/C82H106N14O19S/c1-53(2)72(91-69(98)24-30-108-33-36-111-39-40-112-37-34-109-31-26-84-68(97)23-28-95-70(99)20-21-71(95)100)76(103)88-65(12-8-25-85-78(83)106)75(102)87-59-16-14-55(15-17-59)50-114-80(107)93(4)29-32-110-35-38-113-41-42-115-82-46-56-43-57(47-82)45-81(44-56,51-82)52-96-54(3)62(48-86-96)60-18-19-67(90-73(60)77(104)105)94-27-22-58-9-7-10-61(63(58)49-94)74(101)92-79-89-64-11-5-6-13-66(64)116-79/h5-7,9-11,13-21,48,53,56-57,65,72H,8,12,22-47,49-52H2,1-4H3,(H,84,97)(H,87,102)(H,88,103)(H,91,98)(H,104,105)(H3,83,85,106)(H,89,92,101)/t56?,57?,65-,72-,81?,82?/m0/s1. The second kappa shape index (κ2) is 42.0. The third-order valence-electron chi connectivity index (χ3n) is 21.4. The number of fused-ring (bicyclic) bond motifs is 2. The van der Waals surface area contributed by atoms with Crippen LogP contribution in [0.15, 0.2) is 97.2 Å². The van der Waals surface area contributed by atoms with Gasteiger partial charge in [-0.15, -0.1) is 0 Å². The number of nitrogens with two attached hydrogens (primary N) is 1. The molecule has 34 heteroatoms. The van der Waals surface area contributed by atoms with Gasteiger partial charge in [-0.2, -0.15) is 5.10 Å². The van der Waals surface area contributed by atoms with Gasteiger partial charge in [0.15, 0.2) is 10.8 Å². The third kappa shape index (κ3) is 24.4. The number of carbonyl (C=O) groups excluding carboxylic acids is 9. The highest BCUT2D eigenvalue weighted by atomic mass is 32.1. The van der Waals surface area contributed by atoms with Crippen LogP contribution in [0.25, 0.3) is 21.3 Å². The van der Waals surface area contributed by atoms with Crippen molar-refractivity contribution < 1.29 is 90.9 Å². The number of benzene rings is 3. The number of likely N-dealkylation sites (N-methyl/N-ethyl adjacent to an activating group) is 1. The number of thiazole rings is 1. The van der Waals surface area contributed by atoms with Gasteiger partial charge in [-0.25, -0.2) is 24.4 Å². The van der Waals surface area contributed by atoms with Crippen LogP contribution in [-0.2, 0) is 92.8 Å². The lowest BCUT2D eigenvalue weighted by Gasteiger charge is -2.61. The molecule has 2 aliphatic heterocycles. The number of imide groups is 1. The Kier molecular flexibility index (Phi) is 31.3. The van der Waals surface area contributed by atoms with E-state index in [2.05, 4.69) is 36.9 Å².